The Hall–Kier alpha value is -3.30. The number of alkyl halides is 1. The Morgan fingerprint density at radius 3 is 2.79 bits per heavy atom. The molecule has 33 heavy (non-hydrogen) atoms. The standard InChI is InChI=1S/C23H23F3N6O/c24-15-1-2-18(26)17(11-15)23-7-3-14(23)4-9-31(23)20-6-10-32-21(29-20)19(12-27-32)28-22(33)30-8-5-16(25)13-30/h1-2,6,10-12,14,16H,3-5,7-9,13H2,(H,28,33)/t14-,16+,23-/m1/s1. The molecule has 2 aromatic heterocycles. The molecule has 0 spiro atoms. The van der Waals surface area contributed by atoms with Crippen LogP contribution in [-0.2, 0) is 5.54 Å². The fourth-order valence-electron chi connectivity index (χ4n) is 5.69. The molecule has 2 aliphatic heterocycles. The van der Waals surface area contributed by atoms with Crippen molar-refractivity contribution >= 4 is 23.2 Å². The van der Waals surface area contributed by atoms with Crippen LogP contribution in [0.5, 0.6) is 0 Å². The van der Waals surface area contributed by atoms with E-state index in [0.29, 0.717) is 48.6 Å². The highest BCUT2D eigenvalue weighted by Crippen LogP contribution is 2.58. The molecule has 0 radical (unpaired) electrons. The fraction of sp³-hybridized carbons (Fsp3) is 0.435. The summed E-state index contributed by atoms with van der Waals surface area (Å²) < 4.78 is 43.9. The molecule has 3 atom stereocenters. The molecule has 2 amide bonds. The van der Waals surface area contributed by atoms with Crippen LogP contribution < -0.4 is 10.2 Å². The number of amides is 2. The highest BCUT2D eigenvalue weighted by molar-refractivity contribution is 5.93. The van der Waals surface area contributed by atoms with Crippen LogP contribution in [0.25, 0.3) is 5.65 Å². The predicted octanol–water partition coefficient (Wildman–Crippen LogP) is 4.10. The van der Waals surface area contributed by atoms with Crippen LogP contribution in [0.1, 0.15) is 31.2 Å². The molecule has 2 saturated heterocycles. The molecule has 3 aliphatic rings. The van der Waals surface area contributed by atoms with Crippen LogP contribution in [0.4, 0.5) is 29.5 Å². The molecule has 1 aliphatic carbocycles. The van der Waals surface area contributed by atoms with Gasteiger partial charge in [-0.15, -0.1) is 0 Å². The van der Waals surface area contributed by atoms with E-state index in [1.54, 1.807) is 16.8 Å². The van der Waals surface area contributed by atoms with Gasteiger partial charge in [-0.1, -0.05) is 0 Å². The van der Waals surface area contributed by atoms with Gasteiger partial charge in [0.05, 0.1) is 18.3 Å². The van der Waals surface area contributed by atoms with Crippen LogP contribution in [0.3, 0.4) is 0 Å². The van der Waals surface area contributed by atoms with E-state index in [0.717, 1.165) is 18.9 Å². The van der Waals surface area contributed by atoms with Gasteiger partial charge in [0.15, 0.2) is 5.65 Å². The molecule has 7 nitrogen and oxygen atoms in total. The zero-order chi connectivity index (χ0) is 22.7. The van der Waals surface area contributed by atoms with E-state index < -0.39 is 29.4 Å². The number of nitrogens with one attached hydrogen (secondary N) is 1. The number of halogens is 3. The Bertz CT molecular complexity index is 1250. The van der Waals surface area contributed by atoms with Gasteiger partial charge >= 0.3 is 6.03 Å². The molecular weight excluding hydrogens is 433 g/mol. The van der Waals surface area contributed by atoms with E-state index in [1.165, 1.54) is 23.2 Å². The summed E-state index contributed by atoms with van der Waals surface area (Å²) in [6.45, 7) is 1.10. The first-order valence-corrected chi connectivity index (χ1v) is 11.2. The van der Waals surface area contributed by atoms with E-state index in [1.807, 2.05) is 0 Å². The smallest absolute Gasteiger partial charge is 0.322 e. The lowest BCUT2D eigenvalue weighted by molar-refractivity contribution is 0.154. The second-order valence-corrected chi connectivity index (χ2v) is 9.10. The lowest BCUT2D eigenvalue weighted by Crippen LogP contribution is -2.52. The summed E-state index contributed by atoms with van der Waals surface area (Å²) in [6.07, 6.45) is 5.11. The van der Waals surface area contributed by atoms with E-state index in [-0.39, 0.29) is 12.5 Å². The number of benzene rings is 1. The van der Waals surface area contributed by atoms with Gasteiger partial charge in [-0.3, -0.25) is 0 Å². The fourth-order valence-corrected chi connectivity index (χ4v) is 5.69. The Labute approximate surface area is 188 Å². The highest BCUT2D eigenvalue weighted by atomic mass is 19.1. The SMILES string of the molecule is O=C(Nc1cnn2ccc(N3CC[C@H]4CC[C@]43c3cc(F)ccc3F)nc12)N1CC[C@H](F)C1. The molecule has 6 rings (SSSR count). The first-order valence-electron chi connectivity index (χ1n) is 11.2. The number of carbonyl (C=O) groups excluding carboxylic acids is 1. The molecule has 3 aromatic rings. The minimum atomic E-state index is -1.01. The Balaban J connectivity index is 1.35. The Morgan fingerprint density at radius 2 is 2.03 bits per heavy atom. The van der Waals surface area contributed by atoms with Gasteiger partial charge in [-0.2, -0.15) is 5.10 Å². The van der Waals surface area contributed by atoms with Gasteiger partial charge in [0, 0.05) is 24.8 Å². The summed E-state index contributed by atoms with van der Waals surface area (Å²) in [4.78, 5) is 20.8. The number of fused-ring (bicyclic) bond motifs is 2. The van der Waals surface area contributed by atoms with Crippen molar-refractivity contribution in [1.29, 1.82) is 0 Å². The monoisotopic (exact) mass is 456 g/mol. The molecule has 1 saturated carbocycles. The van der Waals surface area contributed by atoms with Gasteiger partial charge in [0.25, 0.3) is 0 Å². The van der Waals surface area contributed by atoms with Gasteiger partial charge in [0.2, 0.25) is 0 Å². The van der Waals surface area contributed by atoms with E-state index in [4.69, 9.17) is 4.98 Å². The van der Waals surface area contributed by atoms with Gasteiger partial charge < -0.3 is 15.1 Å². The average molecular weight is 456 g/mol. The topological polar surface area (TPSA) is 65.8 Å². The Kier molecular flexibility index (Phi) is 4.53. The van der Waals surface area contributed by atoms with Crippen molar-refractivity contribution in [1.82, 2.24) is 19.5 Å². The third-order valence-corrected chi connectivity index (χ3v) is 7.42. The second kappa shape index (κ2) is 7.36. The minimum absolute atomic E-state index is 0.0700. The van der Waals surface area contributed by atoms with Crippen LogP contribution >= 0.6 is 0 Å². The lowest BCUT2D eigenvalue weighted by Gasteiger charge is -2.51. The maximum Gasteiger partial charge on any atom is 0.322 e. The van der Waals surface area contributed by atoms with Crippen molar-refractivity contribution in [3.05, 3.63) is 53.9 Å². The number of carbonyl (C=O) groups is 1. The van der Waals surface area contributed by atoms with E-state index >= 15 is 0 Å². The molecule has 0 bridgehead atoms. The molecule has 1 N–H and O–H groups in total. The number of likely N-dealkylation sites (tertiary alicyclic amines) is 1. The van der Waals surface area contributed by atoms with Crippen LogP contribution in [0.2, 0.25) is 0 Å². The lowest BCUT2D eigenvalue weighted by atomic mass is 9.63. The third kappa shape index (κ3) is 3.07. The zero-order valence-corrected chi connectivity index (χ0v) is 17.8. The molecular formula is C23H23F3N6O. The molecule has 172 valence electrons. The van der Waals surface area contributed by atoms with E-state index in [2.05, 4.69) is 15.3 Å². The van der Waals surface area contributed by atoms with Crippen LogP contribution in [-0.4, -0.2) is 51.3 Å². The Morgan fingerprint density at radius 1 is 1.15 bits per heavy atom. The maximum atomic E-state index is 14.8. The number of rotatable bonds is 3. The number of anilines is 2. The van der Waals surface area contributed by atoms with Crippen molar-refractivity contribution in [2.24, 2.45) is 5.92 Å². The molecule has 10 heteroatoms. The second-order valence-electron chi connectivity index (χ2n) is 9.10. The third-order valence-electron chi connectivity index (χ3n) is 7.42. The summed E-state index contributed by atoms with van der Waals surface area (Å²) in [6, 6.07) is 5.04. The molecule has 1 aromatic carbocycles. The maximum absolute atomic E-state index is 14.8. The molecule has 0 unspecified atom stereocenters. The van der Waals surface area contributed by atoms with Gasteiger partial charge in [-0.25, -0.2) is 27.5 Å². The average Bonchev–Trinajstić information content (AvgIpc) is 3.46. The van der Waals surface area contributed by atoms with Gasteiger partial charge in [-0.05, 0) is 55.9 Å². The van der Waals surface area contributed by atoms with Crippen molar-refractivity contribution in [3.63, 3.8) is 0 Å². The quantitative estimate of drug-likeness (QED) is 0.645. The minimum Gasteiger partial charge on any atom is -0.346 e. The first-order chi connectivity index (χ1) is 16.0. The summed E-state index contributed by atoms with van der Waals surface area (Å²) in [7, 11) is 0. The van der Waals surface area contributed by atoms with Crippen molar-refractivity contribution < 1.29 is 18.0 Å². The highest BCUT2D eigenvalue weighted by Gasteiger charge is 2.57. The largest absolute Gasteiger partial charge is 0.346 e. The summed E-state index contributed by atoms with van der Waals surface area (Å²) >= 11 is 0. The summed E-state index contributed by atoms with van der Waals surface area (Å²) in [5.74, 6) is -0.0304. The van der Waals surface area contributed by atoms with Gasteiger partial charge in [0.1, 0.15) is 29.3 Å². The predicted molar refractivity (Wildman–Crippen MR) is 116 cm³/mol. The first kappa shape index (κ1) is 20.3. The zero-order valence-electron chi connectivity index (χ0n) is 17.8. The summed E-state index contributed by atoms with van der Waals surface area (Å²) in [5, 5.41) is 7.03. The normalized spacial score (nSPS) is 26.5. The number of hydrogen-bond donors (Lipinski definition) is 1. The van der Waals surface area contributed by atoms with Crippen molar-refractivity contribution in [2.75, 3.05) is 29.9 Å². The van der Waals surface area contributed by atoms with Crippen LogP contribution in [0, 0.1) is 17.6 Å². The van der Waals surface area contributed by atoms with Crippen molar-refractivity contribution in [2.45, 2.75) is 37.4 Å². The number of urea groups is 1. The van der Waals surface area contributed by atoms with Crippen LogP contribution in [0.15, 0.2) is 36.7 Å². The number of nitrogens with zero attached hydrogens (tertiary/aromatic N) is 5. The summed E-state index contributed by atoms with van der Waals surface area (Å²) in [5.41, 5.74) is 0.593. The van der Waals surface area contributed by atoms with E-state index in [9.17, 15) is 18.0 Å². The molecule has 3 fully saturated rings. The number of hydrogen-bond acceptors (Lipinski definition) is 4. The van der Waals surface area contributed by atoms with Crippen molar-refractivity contribution in [3.8, 4) is 0 Å². The molecule has 4 heterocycles. The number of aromatic nitrogens is 3.